The number of hydrogen-bond acceptors (Lipinski definition) is 5. The first-order valence-electron chi connectivity index (χ1n) is 8.41. The number of Topliss-reactive ketones (excluding diaryl/α,β-unsaturated/α-hetero) is 2. The van der Waals surface area contributed by atoms with Gasteiger partial charge in [0.25, 0.3) is 0 Å². The van der Waals surface area contributed by atoms with Gasteiger partial charge in [-0.3, -0.25) is 14.9 Å². The molecular weight excluding hydrogens is 292 g/mol. The molecule has 2 rings (SSSR count). The molecule has 23 heavy (non-hydrogen) atoms. The molecule has 1 N–H and O–H groups in total. The fourth-order valence-corrected chi connectivity index (χ4v) is 2.91. The van der Waals surface area contributed by atoms with E-state index < -0.39 is 5.54 Å². The molecule has 6 nitrogen and oxygen atoms in total. The highest BCUT2D eigenvalue weighted by Gasteiger charge is 2.33. The maximum Gasteiger partial charge on any atom is 0.152 e. The summed E-state index contributed by atoms with van der Waals surface area (Å²) in [6, 6.07) is 0. The van der Waals surface area contributed by atoms with Crippen LogP contribution < -0.4 is 5.32 Å². The average Bonchev–Trinajstić information content (AvgIpc) is 2.93. The number of carbonyl (C=O) groups is 2. The van der Waals surface area contributed by atoms with Gasteiger partial charge in [-0.2, -0.15) is 0 Å². The predicted octanol–water partition coefficient (Wildman–Crippen LogP) is 1.93. The Morgan fingerprint density at radius 1 is 1.26 bits per heavy atom. The van der Waals surface area contributed by atoms with E-state index in [1.54, 1.807) is 13.1 Å². The number of aromatic nitrogens is 3. The molecule has 0 amide bonds. The predicted molar refractivity (Wildman–Crippen MR) is 88.1 cm³/mol. The highest BCUT2D eigenvalue weighted by molar-refractivity contribution is 5.89. The summed E-state index contributed by atoms with van der Waals surface area (Å²) in [7, 11) is 0. The Kier molecular flexibility index (Phi) is 5.34. The van der Waals surface area contributed by atoms with E-state index in [-0.39, 0.29) is 23.5 Å². The summed E-state index contributed by atoms with van der Waals surface area (Å²) in [6.07, 6.45) is 5.91. The molecule has 0 fully saturated rings. The summed E-state index contributed by atoms with van der Waals surface area (Å²) in [5.74, 6) is 0.223. The zero-order chi connectivity index (χ0) is 17.1. The molecular formula is C17H28N4O2. The van der Waals surface area contributed by atoms with E-state index in [4.69, 9.17) is 0 Å². The molecule has 1 atom stereocenters. The summed E-state index contributed by atoms with van der Waals surface area (Å²) in [5, 5.41) is 11.4. The second kappa shape index (κ2) is 6.91. The number of carbonyl (C=O) groups excluding carboxylic acids is 2. The van der Waals surface area contributed by atoms with Gasteiger partial charge < -0.3 is 0 Å². The van der Waals surface area contributed by atoms with Crippen LogP contribution in [0.1, 0.15) is 59.1 Å². The van der Waals surface area contributed by atoms with E-state index in [1.807, 2.05) is 25.5 Å². The minimum Gasteiger partial charge on any atom is -0.298 e. The summed E-state index contributed by atoms with van der Waals surface area (Å²) in [6.45, 7) is 8.48. The molecule has 0 saturated heterocycles. The standard InChI is InChI=1S/C17H28N4O2/c1-13(22)17(4)9-7-14-11-19-20-21(14)10-6-5-8-16(2,3)15(23)12-18-17/h11,18H,5-10,12H2,1-4H3. The number of ketones is 2. The van der Waals surface area contributed by atoms with Gasteiger partial charge in [-0.15, -0.1) is 5.10 Å². The van der Waals surface area contributed by atoms with E-state index in [2.05, 4.69) is 15.6 Å². The third-order valence-corrected chi connectivity index (χ3v) is 5.17. The topological polar surface area (TPSA) is 76.9 Å². The van der Waals surface area contributed by atoms with Gasteiger partial charge in [0.2, 0.25) is 0 Å². The number of nitrogens with zero attached hydrogens (tertiary/aromatic N) is 3. The molecule has 2 heterocycles. The normalized spacial score (nSPS) is 26.5. The molecule has 1 aromatic heterocycles. The molecule has 0 aliphatic carbocycles. The van der Waals surface area contributed by atoms with Crippen LogP contribution in [0.15, 0.2) is 6.20 Å². The van der Waals surface area contributed by atoms with Gasteiger partial charge in [-0.05, 0) is 39.5 Å². The van der Waals surface area contributed by atoms with Crippen molar-refractivity contribution in [1.82, 2.24) is 20.3 Å². The van der Waals surface area contributed by atoms with Crippen LogP contribution in [-0.4, -0.2) is 38.6 Å². The Bertz CT molecular complexity index is 579. The van der Waals surface area contributed by atoms with Gasteiger partial charge in [0.1, 0.15) is 5.78 Å². The Hall–Kier alpha value is -1.56. The number of rotatable bonds is 1. The minimum absolute atomic E-state index is 0.0528. The fraction of sp³-hybridized carbons (Fsp3) is 0.765. The molecule has 1 aliphatic rings. The summed E-state index contributed by atoms with van der Waals surface area (Å²) >= 11 is 0. The van der Waals surface area contributed by atoms with Crippen molar-refractivity contribution in [2.75, 3.05) is 6.54 Å². The molecule has 0 aromatic carbocycles. The van der Waals surface area contributed by atoms with Crippen LogP contribution in [0.3, 0.4) is 0 Å². The highest BCUT2D eigenvalue weighted by atomic mass is 16.1. The van der Waals surface area contributed by atoms with Gasteiger partial charge in [0, 0.05) is 12.0 Å². The van der Waals surface area contributed by atoms with Crippen molar-refractivity contribution in [3.8, 4) is 0 Å². The van der Waals surface area contributed by atoms with Crippen molar-refractivity contribution in [2.24, 2.45) is 5.41 Å². The fourth-order valence-electron chi connectivity index (χ4n) is 2.91. The van der Waals surface area contributed by atoms with Crippen LogP contribution in [0.25, 0.3) is 0 Å². The van der Waals surface area contributed by atoms with E-state index >= 15 is 0 Å². The molecule has 0 spiro atoms. The monoisotopic (exact) mass is 320 g/mol. The van der Waals surface area contributed by atoms with Crippen LogP contribution in [0.2, 0.25) is 0 Å². The minimum atomic E-state index is -0.700. The van der Waals surface area contributed by atoms with Gasteiger partial charge in [-0.1, -0.05) is 25.5 Å². The van der Waals surface area contributed by atoms with E-state index in [0.29, 0.717) is 12.8 Å². The van der Waals surface area contributed by atoms with Gasteiger partial charge >= 0.3 is 0 Å². The molecule has 6 heteroatoms. The van der Waals surface area contributed by atoms with Crippen LogP contribution in [0, 0.1) is 5.41 Å². The Labute approximate surface area is 138 Å². The second-order valence-corrected chi connectivity index (χ2v) is 7.45. The van der Waals surface area contributed by atoms with Crippen molar-refractivity contribution in [3.05, 3.63) is 11.9 Å². The third kappa shape index (κ3) is 4.25. The third-order valence-electron chi connectivity index (χ3n) is 5.17. The lowest BCUT2D eigenvalue weighted by Crippen LogP contribution is -2.52. The number of hydrogen-bond donors (Lipinski definition) is 1. The first kappa shape index (κ1) is 17.8. The number of fused-ring (bicyclic) bond motifs is 1. The molecule has 0 saturated carbocycles. The average molecular weight is 320 g/mol. The van der Waals surface area contributed by atoms with Crippen LogP contribution >= 0.6 is 0 Å². The number of aryl methyl sites for hydroxylation is 2. The highest BCUT2D eigenvalue weighted by Crippen LogP contribution is 2.26. The van der Waals surface area contributed by atoms with Crippen molar-refractivity contribution >= 4 is 11.6 Å². The first-order chi connectivity index (χ1) is 10.7. The van der Waals surface area contributed by atoms with Gasteiger partial charge in [-0.25, -0.2) is 4.68 Å². The lowest BCUT2D eigenvalue weighted by Gasteiger charge is -2.30. The molecule has 1 aliphatic heterocycles. The van der Waals surface area contributed by atoms with Gasteiger partial charge in [0.05, 0.1) is 24.0 Å². The van der Waals surface area contributed by atoms with E-state index in [9.17, 15) is 9.59 Å². The van der Waals surface area contributed by atoms with Crippen molar-refractivity contribution < 1.29 is 9.59 Å². The summed E-state index contributed by atoms with van der Waals surface area (Å²) in [5.41, 5.74) is -0.0251. The van der Waals surface area contributed by atoms with Crippen LogP contribution in [-0.2, 0) is 22.6 Å². The molecule has 1 unspecified atom stereocenters. The van der Waals surface area contributed by atoms with Crippen LogP contribution in [0.5, 0.6) is 0 Å². The lowest BCUT2D eigenvalue weighted by molar-refractivity contribution is -0.128. The molecule has 0 bridgehead atoms. The SMILES string of the molecule is CC(=O)C1(C)CCc2cnnn2CCCCC(C)(C)C(=O)CN1. The van der Waals surface area contributed by atoms with Gasteiger partial charge in [0.15, 0.2) is 5.78 Å². The zero-order valence-electron chi connectivity index (χ0n) is 14.7. The summed E-state index contributed by atoms with van der Waals surface area (Å²) in [4.78, 5) is 24.6. The molecule has 0 radical (unpaired) electrons. The molecule has 1 aromatic rings. The number of nitrogens with one attached hydrogen (secondary N) is 1. The second-order valence-electron chi connectivity index (χ2n) is 7.45. The Morgan fingerprint density at radius 3 is 2.70 bits per heavy atom. The largest absolute Gasteiger partial charge is 0.298 e. The molecule has 128 valence electrons. The van der Waals surface area contributed by atoms with Crippen molar-refractivity contribution in [1.29, 1.82) is 0 Å². The first-order valence-corrected chi connectivity index (χ1v) is 8.41. The zero-order valence-corrected chi connectivity index (χ0v) is 14.7. The van der Waals surface area contributed by atoms with Crippen molar-refractivity contribution in [2.45, 2.75) is 71.9 Å². The van der Waals surface area contributed by atoms with Crippen molar-refractivity contribution in [3.63, 3.8) is 0 Å². The Morgan fingerprint density at radius 2 is 2.00 bits per heavy atom. The van der Waals surface area contributed by atoms with E-state index in [1.165, 1.54) is 0 Å². The maximum absolute atomic E-state index is 12.5. The summed E-state index contributed by atoms with van der Waals surface area (Å²) < 4.78 is 1.92. The van der Waals surface area contributed by atoms with Crippen LogP contribution in [0.4, 0.5) is 0 Å². The lowest BCUT2D eigenvalue weighted by atomic mass is 9.82. The quantitative estimate of drug-likeness (QED) is 0.855. The van der Waals surface area contributed by atoms with E-state index in [0.717, 1.165) is 31.5 Å². The smallest absolute Gasteiger partial charge is 0.152 e. The Balaban J connectivity index is 2.23. The maximum atomic E-state index is 12.5.